The summed E-state index contributed by atoms with van der Waals surface area (Å²) in [6.45, 7) is 7.63. The summed E-state index contributed by atoms with van der Waals surface area (Å²) in [5.41, 5.74) is 2.82. The number of methoxy groups -OCH3 is 1. The van der Waals surface area contributed by atoms with Crippen molar-refractivity contribution in [2.75, 3.05) is 25.1 Å². The second-order valence-electron chi connectivity index (χ2n) is 8.53. The molecule has 6 nitrogen and oxygen atoms in total. The number of amides is 2. The molecule has 2 aromatic carbocycles. The lowest BCUT2D eigenvalue weighted by Crippen LogP contribution is -2.54. The first-order chi connectivity index (χ1) is 14.9. The third kappa shape index (κ3) is 6.00. The fraction of sp³-hybridized carbons (Fsp3) is 0.440. The smallest absolute Gasteiger partial charge is 0.251 e. The predicted octanol–water partition coefficient (Wildman–Crippen LogP) is 3.54. The lowest BCUT2D eigenvalue weighted by Gasteiger charge is -2.35. The van der Waals surface area contributed by atoms with Crippen molar-refractivity contribution in [2.45, 2.75) is 45.7 Å². The molecule has 1 atom stereocenters. The van der Waals surface area contributed by atoms with E-state index in [0.29, 0.717) is 5.56 Å². The van der Waals surface area contributed by atoms with Crippen molar-refractivity contribution in [1.29, 1.82) is 0 Å². The number of nitrogens with zero attached hydrogens (tertiary/aromatic N) is 1. The molecule has 0 saturated carbocycles. The van der Waals surface area contributed by atoms with Crippen molar-refractivity contribution >= 4 is 17.5 Å². The summed E-state index contributed by atoms with van der Waals surface area (Å²) in [7, 11) is 1.66. The van der Waals surface area contributed by atoms with E-state index < -0.39 is 6.04 Å². The molecule has 0 spiro atoms. The lowest BCUT2D eigenvalue weighted by molar-refractivity contribution is -0.124. The number of aryl methyl sites for hydroxylation is 1. The molecule has 1 saturated heterocycles. The number of hydrogen-bond acceptors (Lipinski definition) is 4. The van der Waals surface area contributed by atoms with Crippen LogP contribution in [-0.4, -0.2) is 44.1 Å². The number of nitrogens with one attached hydrogen (secondary N) is 2. The summed E-state index contributed by atoms with van der Waals surface area (Å²) in [5.74, 6) is 0.508. The van der Waals surface area contributed by atoms with E-state index in [1.54, 1.807) is 19.2 Å². The van der Waals surface area contributed by atoms with Crippen LogP contribution in [0.1, 0.15) is 42.6 Å². The molecular formula is C25H33N3O3. The van der Waals surface area contributed by atoms with E-state index >= 15 is 0 Å². The Balaban J connectivity index is 1.53. The van der Waals surface area contributed by atoms with Gasteiger partial charge in [-0.2, -0.15) is 0 Å². The number of ether oxygens (including phenoxy) is 1. The van der Waals surface area contributed by atoms with Gasteiger partial charge in [0.15, 0.2) is 0 Å². The summed E-state index contributed by atoms with van der Waals surface area (Å²) >= 11 is 0. The Bertz CT molecular complexity index is 870. The Hall–Kier alpha value is -3.02. The van der Waals surface area contributed by atoms with Crippen LogP contribution in [0.15, 0.2) is 48.5 Å². The molecule has 1 heterocycles. The molecule has 3 rings (SSSR count). The molecule has 0 bridgehead atoms. The van der Waals surface area contributed by atoms with Gasteiger partial charge < -0.3 is 20.3 Å². The van der Waals surface area contributed by atoms with E-state index in [4.69, 9.17) is 4.74 Å². The minimum Gasteiger partial charge on any atom is -0.497 e. The first kappa shape index (κ1) is 22.7. The molecule has 2 amide bonds. The molecule has 31 heavy (non-hydrogen) atoms. The van der Waals surface area contributed by atoms with Crippen molar-refractivity contribution in [3.05, 3.63) is 59.7 Å². The first-order valence-corrected chi connectivity index (χ1v) is 10.9. The van der Waals surface area contributed by atoms with Gasteiger partial charge in [0.2, 0.25) is 5.91 Å². The molecule has 0 aliphatic carbocycles. The minimum atomic E-state index is -0.562. The van der Waals surface area contributed by atoms with Crippen LogP contribution in [0, 0.1) is 12.8 Å². The topological polar surface area (TPSA) is 70.7 Å². The molecule has 166 valence electrons. The van der Waals surface area contributed by atoms with Gasteiger partial charge in [0.25, 0.3) is 5.91 Å². The van der Waals surface area contributed by atoms with E-state index in [1.807, 2.05) is 45.0 Å². The van der Waals surface area contributed by atoms with Crippen LogP contribution in [-0.2, 0) is 4.79 Å². The Morgan fingerprint density at radius 1 is 1.00 bits per heavy atom. The van der Waals surface area contributed by atoms with E-state index in [9.17, 15) is 9.59 Å². The average Bonchev–Trinajstić information content (AvgIpc) is 2.78. The van der Waals surface area contributed by atoms with Crippen LogP contribution in [0.2, 0.25) is 0 Å². The molecule has 1 aliphatic rings. The van der Waals surface area contributed by atoms with Gasteiger partial charge in [-0.05, 0) is 62.1 Å². The minimum absolute atomic E-state index is 0.00575. The predicted molar refractivity (Wildman–Crippen MR) is 124 cm³/mol. The van der Waals surface area contributed by atoms with Gasteiger partial charge in [-0.1, -0.05) is 31.5 Å². The van der Waals surface area contributed by atoms with E-state index in [-0.39, 0.29) is 23.8 Å². The van der Waals surface area contributed by atoms with Crippen molar-refractivity contribution in [3.8, 4) is 5.75 Å². The highest BCUT2D eigenvalue weighted by Crippen LogP contribution is 2.23. The van der Waals surface area contributed by atoms with Crippen molar-refractivity contribution in [2.24, 2.45) is 5.92 Å². The number of carbonyl (C=O) groups excluding carboxylic acids is 2. The van der Waals surface area contributed by atoms with Gasteiger partial charge in [-0.3, -0.25) is 9.59 Å². The summed E-state index contributed by atoms with van der Waals surface area (Å²) in [6.07, 6.45) is 1.74. The van der Waals surface area contributed by atoms with Gasteiger partial charge in [-0.15, -0.1) is 0 Å². The van der Waals surface area contributed by atoms with Gasteiger partial charge in [0, 0.05) is 30.4 Å². The molecule has 0 radical (unpaired) electrons. The molecule has 1 aliphatic heterocycles. The molecule has 2 N–H and O–H groups in total. The molecule has 1 fully saturated rings. The van der Waals surface area contributed by atoms with E-state index in [0.717, 1.165) is 42.9 Å². The van der Waals surface area contributed by atoms with Crippen LogP contribution in [0.4, 0.5) is 5.69 Å². The second kappa shape index (κ2) is 10.3. The average molecular weight is 424 g/mol. The van der Waals surface area contributed by atoms with E-state index in [2.05, 4.69) is 27.7 Å². The summed E-state index contributed by atoms with van der Waals surface area (Å²) in [5, 5.41) is 6.07. The summed E-state index contributed by atoms with van der Waals surface area (Å²) in [6, 6.07) is 15.0. The highest BCUT2D eigenvalue weighted by molar-refractivity contribution is 5.97. The van der Waals surface area contributed by atoms with Crippen molar-refractivity contribution in [3.63, 3.8) is 0 Å². The van der Waals surface area contributed by atoms with Crippen LogP contribution >= 0.6 is 0 Å². The maximum absolute atomic E-state index is 12.9. The van der Waals surface area contributed by atoms with Gasteiger partial charge in [0.1, 0.15) is 11.8 Å². The normalized spacial score (nSPS) is 15.5. The molecule has 6 heteroatoms. The zero-order valence-corrected chi connectivity index (χ0v) is 18.9. The van der Waals surface area contributed by atoms with Crippen molar-refractivity contribution < 1.29 is 14.3 Å². The number of benzene rings is 2. The zero-order chi connectivity index (χ0) is 22.4. The monoisotopic (exact) mass is 423 g/mol. The van der Waals surface area contributed by atoms with Crippen LogP contribution in [0.3, 0.4) is 0 Å². The maximum Gasteiger partial charge on any atom is 0.251 e. The fourth-order valence-corrected chi connectivity index (χ4v) is 3.83. The van der Waals surface area contributed by atoms with Gasteiger partial charge in [-0.25, -0.2) is 0 Å². The maximum atomic E-state index is 12.9. The summed E-state index contributed by atoms with van der Waals surface area (Å²) < 4.78 is 5.22. The molecule has 1 unspecified atom stereocenters. The number of rotatable bonds is 7. The molecular weight excluding hydrogens is 390 g/mol. The van der Waals surface area contributed by atoms with E-state index in [1.165, 1.54) is 0 Å². The number of carbonyl (C=O) groups is 2. The zero-order valence-electron chi connectivity index (χ0n) is 18.9. The van der Waals surface area contributed by atoms with Crippen molar-refractivity contribution in [1.82, 2.24) is 10.6 Å². The summed E-state index contributed by atoms with van der Waals surface area (Å²) in [4.78, 5) is 27.9. The Labute approximate surface area is 185 Å². The molecule has 0 aromatic heterocycles. The first-order valence-electron chi connectivity index (χ1n) is 10.9. The van der Waals surface area contributed by atoms with Crippen LogP contribution < -0.4 is 20.3 Å². The third-order valence-corrected chi connectivity index (χ3v) is 5.83. The highest BCUT2D eigenvalue weighted by Gasteiger charge is 2.28. The SMILES string of the molecule is COc1ccc(N2CCC(NC(=O)C(NC(=O)c3ccc(C)cc3)C(C)C)CC2)cc1. The molecule has 2 aromatic rings. The number of anilines is 1. The lowest BCUT2D eigenvalue weighted by atomic mass is 9.99. The second-order valence-corrected chi connectivity index (χ2v) is 8.53. The number of hydrogen-bond donors (Lipinski definition) is 2. The number of piperidine rings is 1. The Morgan fingerprint density at radius 2 is 1.61 bits per heavy atom. The van der Waals surface area contributed by atoms with Crippen LogP contribution in [0.25, 0.3) is 0 Å². The third-order valence-electron chi connectivity index (χ3n) is 5.83. The van der Waals surface area contributed by atoms with Gasteiger partial charge >= 0.3 is 0 Å². The Kier molecular flexibility index (Phi) is 7.55. The Morgan fingerprint density at radius 3 is 2.16 bits per heavy atom. The highest BCUT2D eigenvalue weighted by atomic mass is 16.5. The largest absolute Gasteiger partial charge is 0.497 e. The standard InChI is InChI=1S/C25H33N3O3/c1-17(2)23(27-24(29)19-7-5-18(3)6-8-19)25(30)26-20-13-15-28(16-14-20)21-9-11-22(31-4)12-10-21/h5-12,17,20,23H,13-16H2,1-4H3,(H,26,30)(H,27,29). The fourth-order valence-electron chi connectivity index (χ4n) is 3.83. The van der Waals surface area contributed by atoms with Crippen LogP contribution in [0.5, 0.6) is 5.75 Å². The van der Waals surface area contributed by atoms with Gasteiger partial charge in [0.05, 0.1) is 7.11 Å². The quantitative estimate of drug-likeness (QED) is 0.715.